The zero-order valence-corrected chi connectivity index (χ0v) is 14.2. The van der Waals surface area contributed by atoms with Crippen LogP contribution in [0.25, 0.3) is 0 Å². The van der Waals surface area contributed by atoms with Gasteiger partial charge in [-0.05, 0) is 38.7 Å². The number of hydrogen-bond donors (Lipinski definition) is 0. The van der Waals surface area contributed by atoms with Crippen LogP contribution in [0, 0.1) is 11.8 Å². The molecule has 0 bridgehead atoms. The summed E-state index contributed by atoms with van der Waals surface area (Å²) in [5, 5.41) is 0. The van der Waals surface area contributed by atoms with E-state index in [1.165, 1.54) is 14.0 Å². The van der Waals surface area contributed by atoms with Gasteiger partial charge in [0.15, 0.2) is 11.6 Å². The lowest BCUT2D eigenvalue weighted by Gasteiger charge is -2.31. The summed E-state index contributed by atoms with van der Waals surface area (Å²) in [6.45, 7) is 4.71. The highest BCUT2D eigenvalue weighted by atomic mass is 16.7. The molecule has 1 aliphatic carbocycles. The maximum atomic E-state index is 11.7. The Kier molecular flexibility index (Phi) is 6.13. The van der Waals surface area contributed by atoms with Crippen LogP contribution in [-0.2, 0) is 23.8 Å². The quantitative estimate of drug-likeness (QED) is 0.427. The zero-order chi connectivity index (χ0) is 16.9. The molecular weight excluding hydrogens is 296 g/mol. The van der Waals surface area contributed by atoms with Gasteiger partial charge in [-0.2, -0.15) is 0 Å². The zero-order valence-electron chi connectivity index (χ0n) is 14.2. The number of carbonyl (C=O) groups excluding carboxylic acids is 2. The molecule has 0 aromatic heterocycles. The number of hydrogen-bond acceptors (Lipinski definition) is 5. The summed E-state index contributed by atoms with van der Waals surface area (Å²) in [7, 11) is 1.42. The van der Waals surface area contributed by atoms with Crippen LogP contribution in [0.15, 0.2) is 23.8 Å². The van der Waals surface area contributed by atoms with Crippen LogP contribution in [0.5, 0.6) is 0 Å². The van der Waals surface area contributed by atoms with E-state index in [4.69, 9.17) is 14.2 Å². The van der Waals surface area contributed by atoms with Crippen LogP contribution >= 0.6 is 0 Å². The summed E-state index contributed by atoms with van der Waals surface area (Å²) < 4.78 is 16.6. The van der Waals surface area contributed by atoms with E-state index >= 15 is 0 Å². The van der Waals surface area contributed by atoms with E-state index in [1.807, 2.05) is 13.0 Å². The van der Waals surface area contributed by atoms with Crippen molar-refractivity contribution in [3.63, 3.8) is 0 Å². The van der Waals surface area contributed by atoms with Crippen molar-refractivity contribution in [2.24, 2.45) is 11.8 Å². The predicted octanol–water partition coefficient (Wildman–Crippen LogP) is 2.80. The molecule has 2 aliphatic rings. The topological polar surface area (TPSA) is 61.8 Å². The molecule has 5 heteroatoms. The maximum Gasteiger partial charge on any atom is 0.305 e. The van der Waals surface area contributed by atoms with Crippen molar-refractivity contribution in [3.05, 3.63) is 23.8 Å². The van der Waals surface area contributed by atoms with Gasteiger partial charge in [-0.1, -0.05) is 17.7 Å². The molecule has 1 saturated heterocycles. The van der Waals surface area contributed by atoms with Gasteiger partial charge in [0.2, 0.25) is 0 Å². The Labute approximate surface area is 137 Å². The molecule has 1 aliphatic heterocycles. The van der Waals surface area contributed by atoms with Gasteiger partial charge in [-0.3, -0.25) is 9.59 Å². The van der Waals surface area contributed by atoms with Gasteiger partial charge in [0.1, 0.15) is 0 Å². The normalized spacial score (nSPS) is 27.0. The van der Waals surface area contributed by atoms with Gasteiger partial charge < -0.3 is 14.2 Å². The molecule has 23 heavy (non-hydrogen) atoms. The minimum absolute atomic E-state index is 0.0288. The highest BCUT2D eigenvalue weighted by Gasteiger charge is 2.52. The summed E-state index contributed by atoms with van der Waals surface area (Å²) >= 11 is 0. The second-order valence-corrected chi connectivity index (χ2v) is 6.32. The molecule has 0 aromatic rings. The largest absolute Gasteiger partial charge is 0.469 e. The fourth-order valence-corrected chi connectivity index (χ4v) is 3.50. The smallest absolute Gasteiger partial charge is 0.305 e. The summed E-state index contributed by atoms with van der Waals surface area (Å²) in [6, 6.07) is 0. The van der Waals surface area contributed by atoms with E-state index in [0.717, 1.165) is 24.8 Å². The van der Waals surface area contributed by atoms with Crippen molar-refractivity contribution >= 4 is 11.8 Å². The molecule has 2 rings (SSSR count). The summed E-state index contributed by atoms with van der Waals surface area (Å²) in [5.41, 5.74) is 1.03. The van der Waals surface area contributed by atoms with Gasteiger partial charge >= 0.3 is 5.97 Å². The molecule has 0 amide bonds. The van der Waals surface area contributed by atoms with E-state index in [-0.39, 0.29) is 23.6 Å². The Morgan fingerprint density at radius 2 is 1.91 bits per heavy atom. The maximum absolute atomic E-state index is 11.7. The van der Waals surface area contributed by atoms with Gasteiger partial charge in [0.25, 0.3) is 0 Å². The van der Waals surface area contributed by atoms with Crippen molar-refractivity contribution in [1.82, 2.24) is 0 Å². The molecule has 0 aromatic carbocycles. The van der Waals surface area contributed by atoms with Gasteiger partial charge in [0, 0.05) is 18.8 Å². The molecule has 1 heterocycles. The van der Waals surface area contributed by atoms with Gasteiger partial charge in [-0.25, -0.2) is 0 Å². The summed E-state index contributed by atoms with van der Waals surface area (Å²) in [5.74, 6) is -0.390. The van der Waals surface area contributed by atoms with Crippen molar-refractivity contribution in [1.29, 1.82) is 0 Å². The van der Waals surface area contributed by atoms with Crippen LogP contribution in [0.2, 0.25) is 0 Å². The number of ketones is 1. The third-order valence-electron chi connectivity index (χ3n) is 4.70. The molecule has 2 atom stereocenters. The van der Waals surface area contributed by atoms with Crippen molar-refractivity contribution in [2.75, 3.05) is 20.3 Å². The third-order valence-corrected chi connectivity index (χ3v) is 4.70. The number of esters is 1. The van der Waals surface area contributed by atoms with E-state index in [2.05, 4.69) is 6.08 Å². The number of carbonyl (C=O) groups is 2. The molecular formula is C18H26O5. The lowest BCUT2D eigenvalue weighted by molar-refractivity contribution is -0.186. The first-order chi connectivity index (χ1) is 11.0. The number of rotatable bonds is 6. The second kappa shape index (κ2) is 7.88. The molecule has 128 valence electrons. The van der Waals surface area contributed by atoms with Crippen LogP contribution in [0.4, 0.5) is 0 Å². The Balaban J connectivity index is 2.09. The highest BCUT2D eigenvalue weighted by Crippen LogP contribution is 2.49. The highest BCUT2D eigenvalue weighted by molar-refractivity contribution is 5.87. The minimum Gasteiger partial charge on any atom is -0.469 e. The lowest BCUT2D eigenvalue weighted by Crippen LogP contribution is -2.37. The van der Waals surface area contributed by atoms with Crippen molar-refractivity contribution in [3.8, 4) is 0 Å². The lowest BCUT2D eigenvalue weighted by atomic mass is 9.86. The second-order valence-electron chi connectivity index (χ2n) is 6.32. The first-order valence-corrected chi connectivity index (χ1v) is 8.17. The first kappa shape index (κ1) is 17.9. The average molecular weight is 322 g/mol. The SMILES string of the molecule is COC(=O)C[C@H]1CCC2(OCCO2)[C@@H]1C/C=C(C)/C=C/C(C)=O. The molecule has 0 radical (unpaired) electrons. The Hall–Kier alpha value is -1.46. The monoisotopic (exact) mass is 322 g/mol. The van der Waals surface area contributed by atoms with Crippen LogP contribution < -0.4 is 0 Å². The molecule has 0 unspecified atom stereocenters. The fraction of sp³-hybridized carbons (Fsp3) is 0.667. The first-order valence-electron chi connectivity index (χ1n) is 8.17. The number of ether oxygens (including phenoxy) is 3. The Bertz CT molecular complexity index is 500. The van der Waals surface area contributed by atoms with E-state index in [0.29, 0.717) is 19.6 Å². The third kappa shape index (κ3) is 4.52. The van der Waals surface area contributed by atoms with E-state index in [1.54, 1.807) is 6.08 Å². The fourth-order valence-electron chi connectivity index (χ4n) is 3.50. The minimum atomic E-state index is -0.556. The number of allylic oxidation sites excluding steroid dienone is 4. The molecule has 0 N–H and O–H groups in total. The van der Waals surface area contributed by atoms with Crippen molar-refractivity contribution in [2.45, 2.75) is 45.3 Å². The van der Waals surface area contributed by atoms with Crippen LogP contribution in [-0.4, -0.2) is 37.9 Å². The van der Waals surface area contributed by atoms with Crippen LogP contribution in [0.3, 0.4) is 0 Å². The standard InChI is InChI=1S/C18H26O5/c1-13(4-6-14(2)19)5-7-16-15(12-17(20)21-3)8-9-18(16)22-10-11-23-18/h4-6,15-16H,7-12H2,1-3H3/b6-4+,13-5+/t15-,16-/m1/s1. The van der Waals surface area contributed by atoms with Crippen molar-refractivity contribution < 1.29 is 23.8 Å². The Morgan fingerprint density at radius 1 is 1.22 bits per heavy atom. The predicted molar refractivity (Wildman–Crippen MR) is 85.7 cm³/mol. The average Bonchev–Trinajstić information content (AvgIpc) is 3.12. The van der Waals surface area contributed by atoms with E-state index in [9.17, 15) is 9.59 Å². The number of methoxy groups -OCH3 is 1. The molecule has 1 spiro atoms. The van der Waals surface area contributed by atoms with E-state index < -0.39 is 5.79 Å². The summed E-state index contributed by atoms with van der Waals surface area (Å²) in [6.07, 6.45) is 8.33. The van der Waals surface area contributed by atoms with Crippen LogP contribution in [0.1, 0.15) is 39.5 Å². The van der Waals surface area contributed by atoms with Gasteiger partial charge in [0.05, 0.1) is 20.3 Å². The Morgan fingerprint density at radius 3 is 2.52 bits per heavy atom. The molecule has 1 saturated carbocycles. The van der Waals surface area contributed by atoms with Gasteiger partial charge in [-0.15, -0.1) is 0 Å². The summed E-state index contributed by atoms with van der Waals surface area (Å²) in [4.78, 5) is 22.7. The molecule has 2 fully saturated rings. The molecule has 5 nitrogen and oxygen atoms in total.